The van der Waals surface area contributed by atoms with Crippen molar-refractivity contribution in [1.82, 2.24) is 0 Å². The lowest BCUT2D eigenvalue weighted by atomic mass is 9.66. The van der Waals surface area contributed by atoms with Crippen molar-refractivity contribution < 1.29 is 29.3 Å². The molecule has 0 aliphatic heterocycles. The summed E-state index contributed by atoms with van der Waals surface area (Å²) in [6, 6.07) is 22.9. The number of rotatable bonds is 6. The number of amides is 1. The summed E-state index contributed by atoms with van der Waals surface area (Å²) in [4.78, 5) is 36.9. The Bertz CT molecular complexity index is 1140. The second kappa shape index (κ2) is 8.55. The predicted molar refractivity (Wildman–Crippen MR) is 117 cm³/mol. The lowest BCUT2D eigenvalue weighted by Crippen LogP contribution is -2.47. The summed E-state index contributed by atoms with van der Waals surface area (Å²) >= 11 is 0. The second-order valence-corrected chi connectivity index (χ2v) is 7.75. The average molecular weight is 431 g/mol. The third kappa shape index (κ3) is 4.05. The monoisotopic (exact) mass is 431 g/mol. The lowest BCUT2D eigenvalue weighted by molar-refractivity contribution is -0.166. The van der Waals surface area contributed by atoms with E-state index in [0.29, 0.717) is 28.3 Å². The molecule has 3 N–H and O–H groups in total. The van der Waals surface area contributed by atoms with Gasteiger partial charge in [-0.05, 0) is 60.4 Å². The van der Waals surface area contributed by atoms with Crippen molar-refractivity contribution in [3.05, 3.63) is 90.0 Å². The Labute approximate surface area is 184 Å². The van der Waals surface area contributed by atoms with E-state index in [1.54, 1.807) is 48.5 Å². The molecule has 0 aromatic heterocycles. The molecule has 162 valence electrons. The first-order valence-electron chi connectivity index (χ1n) is 10.1. The number of benzene rings is 3. The highest BCUT2D eigenvalue weighted by Crippen LogP contribution is 2.43. The molecule has 4 rings (SSSR count). The van der Waals surface area contributed by atoms with E-state index in [2.05, 4.69) is 5.32 Å². The van der Waals surface area contributed by atoms with E-state index < -0.39 is 29.2 Å². The molecule has 32 heavy (non-hydrogen) atoms. The van der Waals surface area contributed by atoms with Crippen molar-refractivity contribution in [3.63, 3.8) is 0 Å². The normalized spacial score (nSPS) is 16.4. The quantitative estimate of drug-likeness (QED) is 0.502. The number of carbonyl (C=O) groups excluding carboxylic acids is 1. The van der Waals surface area contributed by atoms with Crippen LogP contribution in [0.2, 0.25) is 0 Å². The number of hydrogen-bond donors (Lipinski definition) is 3. The molecule has 1 amide bonds. The minimum absolute atomic E-state index is 0.164. The number of aliphatic carboxylic acids is 2. The van der Waals surface area contributed by atoms with Gasteiger partial charge in [-0.25, -0.2) is 0 Å². The van der Waals surface area contributed by atoms with Gasteiger partial charge in [0.15, 0.2) is 5.41 Å². The Balaban J connectivity index is 1.55. The summed E-state index contributed by atoms with van der Waals surface area (Å²) in [5.74, 6) is -2.98. The largest absolute Gasteiger partial charge is 0.480 e. The van der Waals surface area contributed by atoms with Gasteiger partial charge in [0.05, 0.1) is 5.92 Å². The molecule has 7 heteroatoms. The maximum absolute atomic E-state index is 13.1. The number of ether oxygens (including phenoxy) is 1. The maximum atomic E-state index is 13.1. The second-order valence-electron chi connectivity index (χ2n) is 7.75. The Morgan fingerprint density at radius 2 is 1.41 bits per heavy atom. The van der Waals surface area contributed by atoms with Crippen molar-refractivity contribution in [3.8, 4) is 11.5 Å². The Kier molecular flexibility index (Phi) is 5.64. The molecule has 0 radical (unpaired) electrons. The Morgan fingerprint density at radius 1 is 0.812 bits per heavy atom. The smallest absolute Gasteiger partial charge is 0.321 e. The molecule has 0 saturated carbocycles. The highest BCUT2D eigenvalue weighted by atomic mass is 16.5. The number of nitrogens with one attached hydrogen (secondary N) is 1. The zero-order chi connectivity index (χ0) is 22.7. The van der Waals surface area contributed by atoms with Crippen LogP contribution in [0.4, 0.5) is 5.69 Å². The van der Waals surface area contributed by atoms with Crippen LogP contribution < -0.4 is 10.1 Å². The molecule has 0 saturated heterocycles. The van der Waals surface area contributed by atoms with E-state index >= 15 is 0 Å². The molecule has 1 unspecified atom stereocenters. The van der Waals surface area contributed by atoms with Crippen LogP contribution in [0.1, 0.15) is 23.5 Å². The van der Waals surface area contributed by atoms with Crippen LogP contribution in [0.25, 0.3) is 0 Å². The zero-order valence-electron chi connectivity index (χ0n) is 17.0. The summed E-state index contributed by atoms with van der Waals surface area (Å²) in [5, 5.41) is 22.2. The molecule has 1 aliphatic rings. The molecule has 0 bridgehead atoms. The van der Waals surface area contributed by atoms with Gasteiger partial charge in [0.1, 0.15) is 11.5 Å². The van der Waals surface area contributed by atoms with Gasteiger partial charge in [-0.3, -0.25) is 14.4 Å². The fourth-order valence-corrected chi connectivity index (χ4v) is 4.00. The van der Waals surface area contributed by atoms with Crippen LogP contribution >= 0.6 is 0 Å². The van der Waals surface area contributed by atoms with E-state index in [1.165, 1.54) is 0 Å². The van der Waals surface area contributed by atoms with Gasteiger partial charge in [0.2, 0.25) is 5.91 Å². The van der Waals surface area contributed by atoms with E-state index in [1.807, 2.05) is 30.3 Å². The molecule has 3 aromatic carbocycles. The molecular weight excluding hydrogens is 410 g/mol. The topological polar surface area (TPSA) is 113 Å². The Morgan fingerprint density at radius 3 is 2.06 bits per heavy atom. The van der Waals surface area contributed by atoms with Crippen LogP contribution in [0.3, 0.4) is 0 Å². The molecular formula is C25H21NO6. The molecule has 1 aliphatic carbocycles. The number of carboxylic acids is 2. The first kappa shape index (κ1) is 21.1. The summed E-state index contributed by atoms with van der Waals surface area (Å²) in [5.41, 5.74) is -0.360. The van der Waals surface area contributed by atoms with Crippen molar-refractivity contribution in [2.75, 3.05) is 5.32 Å². The van der Waals surface area contributed by atoms with Crippen molar-refractivity contribution in [2.45, 2.75) is 18.8 Å². The third-order valence-electron chi connectivity index (χ3n) is 5.71. The van der Waals surface area contributed by atoms with Crippen molar-refractivity contribution in [2.24, 2.45) is 5.41 Å². The summed E-state index contributed by atoms with van der Waals surface area (Å²) in [6.45, 7) is 0. The zero-order valence-corrected chi connectivity index (χ0v) is 17.0. The number of anilines is 1. The van der Waals surface area contributed by atoms with Crippen LogP contribution in [-0.2, 0) is 20.8 Å². The highest BCUT2D eigenvalue weighted by molar-refractivity contribution is 6.02. The predicted octanol–water partition coefficient (Wildman–Crippen LogP) is 4.30. The van der Waals surface area contributed by atoms with Crippen LogP contribution in [0.15, 0.2) is 78.9 Å². The number of fused-ring (bicyclic) bond motifs is 1. The highest BCUT2D eigenvalue weighted by Gasteiger charge is 2.52. The van der Waals surface area contributed by atoms with E-state index in [0.717, 1.165) is 0 Å². The van der Waals surface area contributed by atoms with E-state index in [9.17, 15) is 24.6 Å². The summed E-state index contributed by atoms with van der Waals surface area (Å²) in [7, 11) is 0. The van der Waals surface area contributed by atoms with E-state index in [-0.39, 0.29) is 12.8 Å². The van der Waals surface area contributed by atoms with Crippen molar-refractivity contribution in [1.29, 1.82) is 0 Å². The van der Waals surface area contributed by atoms with Gasteiger partial charge >= 0.3 is 11.9 Å². The number of hydrogen-bond acceptors (Lipinski definition) is 4. The van der Waals surface area contributed by atoms with E-state index in [4.69, 9.17) is 4.74 Å². The van der Waals surface area contributed by atoms with Crippen LogP contribution in [-0.4, -0.2) is 28.1 Å². The minimum atomic E-state index is -2.05. The average Bonchev–Trinajstić information content (AvgIpc) is 2.80. The third-order valence-corrected chi connectivity index (χ3v) is 5.71. The van der Waals surface area contributed by atoms with Gasteiger partial charge < -0.3 is 20.3 Å². The molecule has 1 atom stereocenters. The first-order chi connectivity index (χ1) is 15.4. The lowest BCUT2D eigenvalue weighted by Gasteiger charge is -2.35. The van der Waals surface area contributed by atoms with Gasteiger partial charge in [0.25, 0.3) is 0 Å². The number of carboxylic acid groups (broad SMARTS) is 2. The van der Waals surface area contributed by atoms with Gasteiger partial charge in [-0.1, -0.05) is 42.5 Å². The van der Waals surface area contributed by atoms with Gasteiger partial charge in [-0.15, -0.1) is 0 Å². The SMILES string of the molecule is O=C(Nc1ccc(Oc2ccccc2)cc1)C1CC(C(=O)O)(C(=O)O)Cc2ccccc21. The minimum Gasteiger partial charge on any atom is -0.480 e. The van der Waals surface area contributed by atoms with Crippen LogP contribution in [0.5, 0.6) is 11.5 Å². The molecule has 0 fully saturated rings. The maximum Gasteiger partial charge on any atom is 0.321 e. The molecule has 7 nitrogen and oxygen atoms in total. The molecule has 0 spiro atoms. The van der Waals surface area contributed by atoms with Crippen LogP contribution in [0, 0.1) is 5.41 Å². The van der Waals surface area contributed by atoms with Gasteiger partial charge in [0, 0.05) is 5.69 Å². The van der Waals surface area contributed by atoms with Gasteiger partial charge in [-0.2, -0.15) is 0 Å². The summed E-state index contributed by atoms with van der Waals surface area (Å²) < 4.78 is 5.74. The summed E-state index contributed by atoms with van der Waals surface area (Å²) in [6.07, 6.45) is -0.487. The standard InChI is InChI=1S/C25H21NO6/c27-22(26-17-10-12-19(13-11-17)32-18-7-2-1-3-8-18)21-15-25(23(28)29,24(30)31)14-16-6-4-5-9-20(16)21/h1-13,21H,14-15H2,(H,26,27)(H,28,29)(H,30,31). The molecule has 0 heterocycles. The fourth-order valence-electron chi connectivity index (χ4n) is 4.00. The fraction of sp³-hybridized carbons (Fsp3) is 0.160. The Hall–Kier alpha value is -4.13. The number of para-hydroxylation sites is 1. The van der Waals surface area contributed by atoms with Crippen molar-refractivity contribution >= 4 is 23.5 Å². The molecule has 3 aromatic rings. The first-order valence-corrected chi connectivity index (χ1v) is 10.1. The number of carbonyl (C=O) groups is 3.